The summed E-state index contributed by atoms with van der Waals surface area (Å²) in [6.07, 6.45) is 0. The first-order chi connectivity index (χ1) is 17.4. The molecule has 0 bridgehead atoms. The molecule has 1 atom stereocenters. The lowest BCUT2D eigenvalue weighted by molar-refractivity contribution is 0.0714. The Morgan fingerprint density at radius 1 is 1.11 bits per heavy atom. The maximum Gasteiger partial charge on any atom is 0.291 e. The van der Waals surface area contributed by atoms with Gasteiger partial charge in [0.05, 0.1) is 28.6 Å². The number of fused-ring (bicyclic) bond motifs is 3. The van der Waals surface area contributed by atoms with Gasteiger partial charge in [0, 0.05) is 11.6 Å². The number of benzene rings is 3. The zero-order valence-corrected chi connectivity index (χ0v) is 21.1. The van der Waals surface area contributed by atoms with E-state index in [0.717, 1.165) is 5.56 Å². The van der Waals surface area contributed by atoms with Gasteiger partial charge in [0.2, 0.25) is 12.6 Å². The normalized spacial score (nSPS) is 16.0. The molecule has 8 nitrogen and oxygen atoms in total. The van der Waals surface area contributed by atoms with Crippen molar-refractivity contribution in [3.05, 3.63) is 90.7 Å². The van der Waals surface area contributed by atoms with Crippen molar-refractivity contribution in [3.63, 3.8) is 0 Å². The molecular weight excluding hydrogens is 554 g/mol. The molecule has 1 aromatic heterocycles. The van der Waals surface area contributed by atoms with E-state index in [1.165, 1.54) is 13.2 Å². The summed E-state index contributed by atoms with van der Waals surface area (Å²) >= 11 is 9.50. The number of aromatic hydroxyl groups is 1. The van der Waals surface area contributed by atoms with Crippen molar-refractivity contribution < 1.29 is 28.5 Å². The van der Waals surface area contributed by atoms with Crippen LogP contribution >= 0.6 is 27.5 Å². The molecule has 0 aliphatic carbocycles. The smallest absolute Gasteiger partial charge is 0.291 e. The number of amides is 1. The molecule has 0 radical (unpaired) electrons. The van der Waals surface area contributed by atoms with Crippen molar-refractivity contribution in [3.8, 4) is 23.0 Å². The molecule has 2 aliphatic rings. The number of phenols is 1. The third kappa shape index (κ3) is 3.50. The second-order valence-corrected chi connectivity index (χ2v) is 9.68. The lowest BCUT2D eigenvalue weighted by Gasteiger charge is -2.26. The number of nitrogens with zero attached hydrogens (tertiary/aromatic N) is 1. The van der Waals surface area contributed by atoms with Gasteiger partial charge in [-0.05, 0) is 69.5 Å². The summed E-state index contributed by atoms with van der Waals surface area (Å²) in [5.74, 6) is 0.825. The standard InChI is InChI=1S/C26H17BrClNO7/c1-33-20-8-13(7-16(27)24(20)31)22-21-23(30)15-9-14(28)3-5-17(15)36-25(21)26(32)29(22)10-12-2-4-18-19(6-12)35-11-34-18/h2-9,22,31H,10-11H2,1H3. The Kier molecular flexibility index (Phi) is 5.35. The molecule has 3 heterocycles. The SMILES string of the molecule is COc1cc(C2c3c(oc4ccc(Cl)cc4c3=O)C(=O)N2Cc2ccc3c(c2)OCO3)cc(Br)c1O. The quantitative estimate of drug-likeness (QED) is 0.351. The van der Waals surface area contributed by atoms with E-state index >= 15 is 0 Å². The molecule has 0 spiro atoms. The molecule has 182 valence electrons. The van der Waals surface area contributed by atoms with Crippen LogP contribution in [0.2, 0.25) is 5.02 Å². The fourth-order valence-electron chi connectivity index (χ4n) is 4.65. The first-order valence-corrected chi connectivity index (χ1v) is 12.0. The molecule has 2 aliphatic heterocycles. The summed E-state index contributed by atoms with van der Waals surface area (Å²) in [5, 5.41) is 11.0. The van der Waals surface area contributed by atoms with Crippen molar-refractivity contribution >= 4 is 44.4 Å². The minimum Gasteiger partial charge on any atom is -0.503 e. The molecule has 3 aromatic carbocycles. The van der Waals surface area contributed by atoms with Crippen LogP contribution in [0, 0.1) is 0 Å². The van der Waals surface area contributed by atoms with Crippen molar-refractivity contribution in [2.75, 3.05) is 13.9 Å². The number of carbonyl (C=O) groups is 1. The largest absolute Gasteiger partial charge is 0.503 e. The summed E-state index contributed by atoms with van der Waals surface area (Å²) in [6, 6.07) is 12.5. The Morgan fingerprint density at radius 2 is 1.92 bits per heavy atom. The third-order valence-electron chi connectivity index (χ3n) is 6.30. The highest BCUT2D eigenvalue weighted by Gasteiger charge is 2.43. The van der Waals surface area contributed by atoms with Gasteiger partial charge < -0.3 is 28.6 Å². The van der Waals surface area contributed by atoms with E-state index in [9.17, 15) is 14.7 Å². The lowest BCUT2D eigenvalue weighted by atomic mass is 9.97. The van der Waals surface area contributed by atoms with Gasteiger partial charge in [0.15, 0.2) is 28.4 Å². The highest BCUT2D eigenvalue weighted by Crippen LogP contribution is 2.44. The molecule has 1 unspecified atom stereocenters. The Hall–Kier alpha value is -3.69. The van der Waals surface area contributed by atoms with Crippen molar-refractivity contribution in [1.82, 2.24) is 4.90 Å². The number of methoxy groups -OCH3 is 1. The van der Waals surface area contributed by atoms with Crippen LogP contribution in [0.4, 0.5) is 0 Å². The highest BCUT2D eigenvalue weighted by molar-refractivity contribution is 9.10. The number of hydrogen-bond donors (Lipinski definition) is 1. The predicted octanol–water partition coefficient (Wildman–Crippen LogP) is 5.40. The molecule has 36 heavy (non-hydrogen) atoms. The fraction of sp³-hybridized carbons (Fsp3) is 0.154. The Labute approximate surface area is 217 Å². The van der Waals surface area contributed by atoms with Gasteiger partial charge >= 0.3 is 0 Å². The molecule has 1 amide bonds. The Bertz CT molecular complexity index is 1630. The second kappa shape index (κ2) is 8.46. The highest BCUT2D eigenvalue weighted by atomic mass is 79.9. The third-order valence-corrected chi connectivity index (χ3v) is 7.14. The number of phenolic OH excluding ortho intramolecular Hbond substituents is 1. The summed E-state index contributed by atoms with van der Waals surface area (Å²) < 4.78 is 22.5. The van der Waals surface area contributed by atoms with Gasteiger partial charge in [-0.3, -0.25) is 9.59 Å². The Balaban J connectivity index is 1.56. The van der Waals surface area contributed by atoms with Gasteiger partial charge in [-0.15, -0.1) is 0 Å². The van der Waals surface area contributed by atoms with Crippen LogP contribution in [0.3, 0.4) is 0 Å². The molecule has 0 saturated carbocycles. The van der Waals surface area contributed by atoms with E-state index in [-0.39, 0.29) is 52.6 Å². The van der Waals surface area contributed by atoms with Crippen molar-refractivity contribution in [2.45, 2.75) is 12.6 Å². The average molecular weight is 571 g/mol. The van der Waals surface area contributed by atoms with E-state index in [1.54, 1.807) is 41.3 Å². The van der Waals surface area contributed by atoms with E-state index in [1.807, 2.05) is 6.07 Å². The predicted molar refractivity (Wildman–Crippen MR) is 134 cm³/mol. The number of ether oxygens (including phenoxy) is 3. The van der Waals surface area contributed by atoms with E-state index in [2.05, 4.69) is 15.9 Å². The molecule has 10 heteroatoms. The summed E-state index contributed by atoms with van der Waals surface area (Å²) in [5.41, 5.74) is 1.43. The monoisotopic (exact) mass is 569 g/mol. The summed E-state index contributed by atoms with van der Waals surface area (Å²) in [6.45, 7) is 0.284. The van der Waals surface area contributed by atoms with E-state index in [4.69, 9.17) is 30.2 Å². The maximum absolute atomic E-state index is 13.7. The van der Waals surface area contributed by atoms with E-state index in [0.29, 0.717) is 26.6 Å². The van der Waals surface area contributed by atoms with Crippen LogP contribution in [0.15, 0.2) is 62.2 Å². The molecule has 0 fully saturated rings. The van der Waals surface area contributed by atoms with Gasteiger partial charge in [-0.25, -0.2) is 0 Å². The lowest BCUT2D eigenvalue weighted by Crippen LogP contribution is -2.29. The number of rotatable bonds is 4. The van der Waals surface area contributed by atoms with Gasteiger partial charge in [0.25, 0.3) is 5.91 Å². The van der Waals surface area contributed by atoms with Gasteiger partial charge in [0.1, 0.15) is 5.58 Å². The van der Waals surface area contributed by atoms with Crippen LogP contribution in [-0.4, -0.2) is 29.8 Å². The zero-order chi connectivity index (χ0) is 25.1. The first-order valence-electron chi connectivity index (χ1n) is 10.9. The molecule has 1 N–H and O–H groups in total. The first kappa shape index (κ1) is 22.8. The van der Waals surface area contributed by atoms with Crippen molar-refractivity contribution in [1.29, 1.82) is 0 Å². The molecule has 4 aromatic rings. The zero-order valence-electron chi connectivity index (χ0n) is 18.7. The Morgan fingerprint density at radius 3 is 2.72 bits per heavy atom. The van der Waals surface area contributed by atoms with Crippen LogP contribution in [0.25, 0.3) is 11.0 Å². The summed E-state index contributed by atoms with van der Waals surface area (Å²) in [4.78, 5) is 29.0. The molecule has 0 saturated heterocycles. The minimum atomic E-state index is -0.816. The maximum atomic E-state index is 13.7. The number of carbonyl (C=O) groups excluding carboxylic acids is 1. The van der Waals surface area contributed by atoms with Crippen LogP contribution in [-0.2, 0) is 6.54 Å². The molecule has 6 rings (SSSR count). The topological polar surface area (TPSA) is 98.4 Å². The second-order valence-electron chi connectivity index (χ2n) is 8.39. The summed E-state index contributed by atoms with van der Waals surface area (Å²) in [7, 11) is 1.42. The fourth-order valence-corrected chi connectivity index (χ4v) is 5.28. The minimum absolute atomic E-state index is 0.0382. The van der Waals surface area contributed by atoms with E-state index < -0.39 is 11.9 Å². The van der Waals surface area contributed by atoms with Crippen LogP contribution < -0.4 is 19.6 Å². The molecular formula is C26H17BrClNO7. The van der Waals surface area contributed by atoms with Crippen LogP contribution in [0.5, 0.6) is 23.0 Å². The number of hydrogen-bond acceptors (Lipinski definition) is 7. The van der Waals surface area contributed by atoms with Gasteiger partial charge in [-0.1, -0.05) is 17.7 Å². The average Bonchev–Trinajstić information content (AvgIpc) is 3.44. The number of halogens is 2. The van der Waals surface area contributed by atoms with Gasteiger partial charge in [-0.2, -0.15) is 0 Å². The van der Waals surface area contributed by atoms with Crippen LogP contribution in [0.1, 0.15) is 33.3 Å². The van der Waals surface area contributed by atoms with Crippen molar-refractivity contribution in [2.24, 2.45) is 0 Å².